The van der Waals surface area contributed by atoms with Crippen LogP contribution < -0.4 is 21.3 Å². The lowest BCUT2D eigenvalue weighted by Gasteiger charge is -2.19. The average Bonchev–Trinajstić information content (AvgIpc) is 2.81. The Hall–Kier alpha value is -2.08. The molecule has 0 atom stereocenters. The lowest BCUT2D eigenvalue weighted by Crippen LogP contribution is -2.45. The number of urea groups is 1. The number of benzene rings is 1. The van der Waals surface area contributed by atoms with Gasteiger partial charge in [0.2, 0.25) is 0 Å². The molecule has 6 heteroatoms. The van der Waals surface area contributed by atoms with Gasteiger partial charge in [0, 0.05) is 36.4 Å². The van der Waals surface area contributed by atoms with E-state index in [0.29, 0.717) is 25.2 Å². The quantitative estimate of drug-likeness (QED) is 0.756. The molecule has 1 aliphatic heterocycles. The number of carbonyl (C=O) groups excluding carboxylic acids is 2. The molecule has 108 valence electrons. The molecule has 1 aromatic rings. The van der Waals surface area contributed by atoms with Crippen molar-refractivity contribution < 1.29 is 9.59 Å². The van der Waals surface area contributed by atoms with Crippen LogP contribution in [0.1, 0.15) is 24.2 Å². The van der Waals surface area contributed by atoms with Crippen LogP contribution in [0.25, 0.3) is 0 Å². The topological polar surface area (TPSA) is 87.5 Å². The molecule has 2 rings (SSSR count). The van der Waals surface area contributed by atoms with Crippen LogP contribution in [0.15, 0.2) is 24.3 Å². The van der Waals surface area contributed by atoms with E-state index in [4.69, 9.17) is 5.73 Å². The van der Waals surface area contributed by atoms with E-state index in [9.17, 15) is 9.59 Å². The van der Waals surface area contributed by atoms with Crippen molar-refractivity contribution in [2.45, 2.75) is 19.4 Å². The van der Waals surface area contributed by atoms with Crippen LogP contribution in [-0.2, 0) is 0 Å². The number of nitrogens with one attached hydrogen (secondary N) is 2. The molecule has 0 unspecified atom stereocenters. The van der Waals surface area contributed by atoms with Crippen molar-refractivity contribution in [1.82, 2.24) is 10.6 Å². The normalized spacial score (nSPS) is 15.2. The first-order valence-electron chi connectivity index (χ1n) is 6.59. The summed E-state index contributed by atoms with van der Waals surface area (Å²) in [6, 6.07) is 6.85. The lowest BCUT2D eigenvalue weighted by molar-refractivity contribution is 0.0946. The molecule has 3 amide bonds. The zero-order chi connectivity index (χ0) is 14.8. The first-order chi connectivity index (χ1) is 9.37. The Balaban J connectivity index is 2.01. The minimum atomic E-state index is -0.441. The zero-order valence-electron chi connectivity index (χ0n) is 11.8. The van der Waals surface area contributed by atoms with Gasteiger partial charge in [0.05, 0.1) is 0 Å². The average molecular weight is 276 g/mol. The monoisotopic (exact) mass is 276 g/mol. The second kappa shape index (κ2) is 5.50. The number of hydrogen-bond acceptors (Lipinski definition) is 3. The second-order valence-electron chi connectivity index (χ2n) is 5.60. The summed E-state index contributed by atoms with van der Waals surface area (Å²) in [5, 5.41) is 5.52. The molecular weight excluding hydrogens is 256 g/mol. The summed E-state index contributed by atoms with van der Waals surface area (Å²) in [5.41, 5.74) is 6.72. The van der Waals surface area contributed by atoms with Crippen LogP contribution in [0.3, 0.4) is 0 Å². The molecule has 0 radical (unpaired) electrons. The van der Waals surface area contributed by atoms with Crippen molar-refractivity contribution >= 4 is 17.6 Å². The highest BCUT2D eigenvalue weighted by molar-refractivity contribution is 5.97. The molecular formula is C14H20N4O2. The first-order valence-corrected chi connectivity index (χ1v) is 6.59. The molecule has 1 aliphatic rings. The Morgan fingerprint density at radius 2 is 2.05 bits per heavy atom. The van der Waals surface area contributed by atoms with E-state index in [-0.39, 0.29) is 11.9 Å². The van der Waals surface area contributed by atoms with Crippen LogP contribution in [-0.4, -0.2) is 37.1 Å². The smallest absolute Gasteiger partial charge is 0.321 e. The molecule has 0 saturated carbocycles. The maximum absolute atomic E-state index is 11.9. The number of anilines is 1. The van der Waals surface area contributed by atoms with E-state index in [1.54, 1.807) is 29.2 Å². The van der Waals surface area contributed by atoms with E-state index >= 15 is 0 Å². The SMILES string of the molecule is CC(C)(N)CNC(=O)c1ccc(N2CCNC2=O)cc1. The van der Waals surface area contributed by atoms with Crippen LogP contribution in [0, 0.1) is 0 Å². The molecule has 0 spiro atoms. The van der Waals surface area contributed by atoms with Crippen molar-refractivity contribution in [2.75, 3.05) is 24.5 Å². The van der Waals surface area contributed by atoms with Crippen molar-refractivity contribution in [3.05, 3.63) is 29.8 Å². The van der Waals surface area contributed by atoms with E-state index in [0.717, 1.165) is 5.69 Å². The fourth-order valence-electron chi connectivity index (χ4n) is 1.92. The maximum atomic E-state index is 11.9. The van der Waals surface area contributed by atoms with Crippen LogP contribution in [0.5, 0.6) is 0 Å². The Morgan fingerprint density at radius 1 is 1.40 bits per heavy atom. The Bertz CT molecular complexity index is 505. The van der Waals surface area contributed by atoms with Gasteiger partial charge in [-0.1, -0.05) is 0 Å². The van der Waals surface area contributed by atoms with Gasteiger partial charge >= 0.3 is 6.03 Å². The van der Waals surface area contributed by atoms with Gasteiger partial charge in [0.15, 0.2) is 0 Å². The van der Waals surface area contributed by atoms with Gasteiger partial charge in [0.1, 0.15) is 0 Å². The van der Waals surface area contributed by atoms with Crippen molar-refractivity contribution in [3.63, 3.8) is 0 Å². The molecule has 20 heavy (non-hydrogen) atoms. The molecule has 1 aromatic carbocycles. The minimum Gasteiger partial charge on any atom is -0.350 e. The summed E-state index contributed by atoms with van der Waals surface area (Å²) in [6.45, 7) is 5.39. The predicted octanol–water partition coefficient (Wildman–Crippen LogP) is 0.683. The first kappa shape index (κ1) is 14.3. The molecule has 0 aliphatic carbocycles. The number of amides is 3. The van der Waals surface area contributed by atoms with Gasteiger partial charge in [-0.3, -0.25) is 9.69 Å². The number of rotatable bonds is 4. The lowest BCUT2D eigenvalue weighted by atomic mass is 10.1. The number of carbonyl (C=O) groups is 2. The Labute approximate surface area is 118 Å². The van der Waals surface area contributed by atoms with Gasteiger partial charge in [-0.15, -0.1) is 0 Å². The third-order valence-corrected chi connectivity index (χ3v) is 3.00. The van der Waals surface area contributed by atoms with Crippen molar-refractivity contribution in [2.24, 2.45) is 5.73 Å². The fraction of sp³-hybridized carbons (Fsp3) is 0.429. The van der Waals surface area contributed by atoms with Gasteiger partial charge in [-0.05, 0) is 38.1 Å². The Morgan fingerprint density at radius 3 is 2.55 bits per heavy atom. The van der Waals surface area contributed by atoms with E-state index in [2.05, 4.69) is 10.6 Å². The van der Waals surface area contributed by atoms with Crippen molar-refractivity contribution in [3.8, 4) is 0 Å². The molecule has 4 N–H and O–H groups in total. The van der Waals surface area contributed by atoms with Gasteiger partial charge in [-0.25, -0.2) is 4.79 Å². The number of nitrogens with two attached hydrogens (primary N) is 1. The van der Waals surface area contributed by atoms with Gasteiger partial charge < -0.3 is 16.4 Å². The second-order valence-corrected chi connectivity index (χ2v) is 5.60. The number of hydrogen-bond donors (Lipinski definition) is 3. The fourth-order valence-corrected chi connectivity index (χ4v) is 1.92. The highest BCUT2D eigenvalue weighted by Crippen LogP contribution is 2.17. The highest BCUT2D eigenvalue weighted by Gasteiger charge is 2.21. The van der Waals surface area contributed by atoms with E-state index < -0.39 is 5.54 Å². The van der Waals surface area contributed by atoms with Crippen LogP contribution in [0.4, 0.5) is 10.5 Å². The molecule has 6 nitrogen and oxygen atoms in total. The minimum absolute atomic E-state index is 0.105. The number of nitrogens with zero attached hydrogens (tertiary/aromatic N) is 1. The third-order valence-electron chi connectivity index (χ3n) is 3.00. The summed E-state index contributed by atoms with van der Waals surface area (Å²) in [5.74, 6) is -0.166. The van der Waals surface area contributed by atoms with Crippen molar-refractivity contribution in [1.29, 1.82) is 0 Å². The van der Waals surface area contributed by atoms with Crippen LogP contribution >= 0.6 is 0 Å². The largest absolute Gasteiger partial charge is 0.350 e. The zero-order valence-corrected chi connectivity index (χ0v) is 11.8. The standard InChI is InChI=1S/C14H20N4O2/c1-14(2,15)9-17-12(19)10-3-5-11(6-4-10)18-8-7-16-13(18)20/h3-6H,7-9,15H2,1-2H3,(H,16,20)(H,17,19). The maximum Gasteiger partial charge on any atom is 0.321 e. The predicted molar refractivity (Wildman–Crippen MR) is 77.8 cm³/mol. The summed E-state index contributed by atoms with van der Waals surface area (Å²) in [6.07, 6.45) is 0. The summed E-state index contributed by atoms with van der Waals surface area (Å²) in [4.78, 5) is 25.1. The summed E-state index contributed by atoms with van der Waals surface area (Å²) >= 11 is 0. The molecule has 1 heterocycles. The van der Waals surface area contributed by atoms with Crippen LogP contribution in [0.2, 0.25) is 0 Å². The molecule has 1 fully saturated rings. The highest BCUT2D eigenvalue weighted by atomic mass is 16.2. The molecule has 0 aromatic heterocycles. The molecule has 0 bridgehead atoms. The van der Waals surface area contributed by atoms with Gasteiger partial charge in [0.25, 0.3) is 5.91 Å². The van der Waals surface area contributed by atoms with E-state index in [1.165, 1.54) is 0 Å². The third kappa shape index (κ3) is 3.48. The van der Waals surface area contributed by atoms with Gasteiger partial charge in [-0.2, -0.15) is 0 Å². The molecule has 1 saturated heterocycles. The Kier molecular flexibility index (Phi) is 3.94. The summed E-state index contributed by atoms with van der Waals surface area (Å²) < 4.78 is 0. The summed E-state index contributed by atoms with van der Waals surface area (Å²) in [7, 11) is 0. The van der Waals surface area contributed by atoms with E-state index in [1.807, 2.05) is 13.8 Å².